The summed E-state index contributed by atoms with van der Waals surface area (Å²) in [6.07, 6.45) is 1.88. The van der Waals surface area contributed by atoms with Gasteiger partial charge in [-0.3, -0.25) is 9.69 Å². The maximum atomic E-state index is 14.0. The lowest BCUT2D eigenvalue weighted by Crippen LogP contribution is -2.41. The molecular formula is C29H26N2O. The summed E-state index contributed by atoms with van der Waals surface area (Å²) in [6, 6.07) is 36.8. The quantitative estimate of drug-likeness (QED) is 0.405. The minimum atomic E-state index is -0.178. The van der Waals surface area contributed by atoms with Crippen LogP contribution in [0.15, 0.2) is 109 Å². The Morgan fingerprint density at radius 3 is 1.59 bits per heavy atom. The number of anilines is 2. The van der Waals surface area contributed by atoms with Crippen molar-refractivity contribution in [3.8, 4) is 22.3 Å². The predicted molar refractivity (Wildman–Crippen MR) is 132 cm³/mol. The van der Waals surface area contributed by atoms with Crippen molar-refractivity contribution in [2.45, 2.75) is 18.9 Å². The molecule has 5 rings (SSSR count). The Balaban J connectivity index is 1.71. The summed E-state index contributed by atoms with van der Waals surface area (Å²) < 4.78 is 0. The molecule has 0 bridgehead atoms. The molecule has 0 aromatic heterocycles. The van der Waals surface area contributed by atoms with Gasteiger partial charge in [-0.2, -0.15) is 0 Å². The van der Waals surface area contributed by atoms with E-state index in [0.29, 0.717) is 0 Å². The monoisotopic (exact) mass is 418 g/mol. The second kappa shape index (κ2) is 9.21. The van der Waals surface area contributed by atoms with Gasteiger partial charge < -0.3 is 5.32 Å². The summed E-state index contributed by atoms with van der Waals surface area (Å²) >= 11 is 0. The number of para-hydroxylation sites is 2. The van der Waals surface area contributed by atoms with E-state index in [-0.39, 0.29) is 11.9 Å². The fraction of sp³-hybridized carbons (Fsp3) is 0.138. The average molecular weight is 419 g/mol. The number of carbonyl (C=O) groups is 1. The summed E-state index contributed by atoms with van der Waals surface area (Å²) in [6.45, 7) is 0.880. The molecule has 1 heterocycles. The molecule has 4 aromatic carbocycles. The lowest BCUT2D eigenvalue weighted by atomic mass is 9.98. The lowest BCUT2D eigenvalue weighted by molar-refractivity contribution is -0.119. The second-order valence-electron chi connectivity index (χ2n) is 8.09. The van der Waals surface area contributed by atoms with Gasteiger partial charge in [-0.1, -0.05) is 97.1 Å². The summed E-state index contributed by atoms with van der Waals surface area (Å²) in [4.78, 5) is 15.9. The van der Waals surface area contributed by atoms with Gasteiger partial charge in [0.15, 0.2) is 0 Å². The van der Waals surface area contributed by atoms with Crippen LogP contribution in [0.5, 0.6) is 0 Å². The molecule has 0 aliphatic carbocycles. The lowest BCUT2D eigenvalue weighted by Gasteiger charge is -2.30. The molecule has 4 aromatic rings. The third-order valence-electron chi connectivity index (χ3n) is 6.04. The average Bonchev–Trinajstić information content (AvgIpc) is 3.41. The number of rotatable bonds is 5. The van der Waals surface area contributed by atoms with Crippen LogP contribution in [-0.4, -0.2) is 18.5 Å². The van der Waals surface area contributed by atoms with Crippen LogP contribution in [0.2, 0.25) is 0 Å². The van der Waals surface area contributed by atoms with Crippen molar-refractivity contribution >= 4 is 17.3 Å². The summed E-state index contributed by atoms with van der Waals surface area (Å²) in [5.74, 6) is 0.0919. The van der Waals surface area contributed by atoms with Gasteiger partial charge in [0.2, 0.25) is 5.91 Å². The van der Waals surface area contributed by atoms with Crippen LogP contribution in [0.4, 0.5) is 11.4 Å². The number of amides is 1. The summed E-state index contributed by atoms with van der Waals surface area (Å²) in [7, 11) is 0. The zero-order valence-electron chi connectivity index (χ0n) is 17.9. The van der Waals surface area contributed by atoms with Gasteiger partial charge in [0, 0.05) is 11.1 Å². The van der Waals surface area contributed by atoms with E-state index in [2.05, 4.69) is 53.8 Å². The van der Waals surface area contributed by atoms with E-state index in [9.17, 15) is 4.79 Å². The molecule has 1 amide bonds. The molecule has 1 aliphatic heterocycles. The van der Waals surface area contributed by atoms with E-state index in [0.717, 1.165) is 53.0 Å². The van der Waals surface area contributed by atoms with Crippen molar-refractivity contribution in [2.75, 3.05) is 11.4 Å². The molecule has 0 radical (unpaired) electrons. The predicted octanol–water partition coefficient (Wildman–Crippen LogP) is 6.44. The second-order valence-corrected chi connectivity index (χ2v) is 8.09. The number of nitrogens with one attached hydrogen (secondary N) is 1. The van der Waals surface area contributed by atoms with Crippen molar-refractivity contribution in [1.82, 2.24) is 5.32 Å². The molecule has 1 aliphatic rings. The third-order valence-corrected chi connectivity index (χ3v) is 6.04. The molecule has 0 unspecified atom stereocenters. The van der Waals surface area contributed by atoms with Gasteiger partial charge in [-0.25, -0.2) is 0 Å². The van der Waals surface area contributed by atoms with Gasteiger partial charge in [-0.15, -0.1) is 0 Å². The van der Waals surface area contributed by atoms with E-state index in [1.165, 1.54) is 0 Å². The topological polar surface area (TPSA) is 32.3 Å². The Bertz CT molecular complexity index is 1120. The van der Waals surface area contributed by atoms with Gasteiger partial charge >= 0.3 is 0 Å². The van der Waals surface area contributed by atoms with Gasteiger partial charge in [-0.05, 0) is 42.6 Å². The molecular weight excluding hydrogens is 392 g/mol. The van der Waals surface area contributed by atoms with Crippen molar-refractivity contribution in [1.29, 1.82) is 0 Å². The minimum Gasteiger partial charge on any atom is -0.306 e. The normalized spacial score (nSPS) is 15.4. The molecule has 32 heavy (non-hydrogen) atoms. The van der Waals surface area contributed by atoms with Crippen LogP contribution < -0.4 is 10.2 Å². The summed E-state index contributed by atoms with van der Waals surface area (Å²) in [5.41, 5.74) is 6.08. The van der Waals surface area contributed by atoms with Gasteiger partial charge in [0.05, 0.1) is 17.4 Å². The van der Waals surface area contributed by atoms with Crippen LogP contribution in [0, 0.1) is 0 Å². The Hall–Kier alpha value is -3.69. The van der Waals surface area contributed by atoms with Crippen LogP contribution in [-0.2, 0) is 4.79 Å². The smallest absolute Gasteiger partial charge is 0.248 e. The van der Waals surface area contributed by atoms with E-state index in [4.69, 9.17) is 0 Å². The highest BCUT2D eigenvalue weighted by atomic mass is 16.2. The molecule has 158 valence electrons. The third kappa shape index (κ3) is 3.95. The van der Waals surface area contributed by atoms with E-state index >= 15 is 0 Å². The molecule has 3 nitrogen and oxygen atoms in total. The zero-order valence-corrected chi connectivity index (χ0v) is 17.9. The van der Waals surface area contributed by atoms with Crippen LogP contribution in [0.1, 0.15) is 12.8 Å². The zero-order chi connectivity index (χ0) is 21.8. The summed E-state index contributed by atoms with van der Waals surface area (Å²) in [5, 5.41) is 3.40. The first-order chi connectivity index (χ1) is 15.8. The number of benzene rings is 4. The molecule has 0 saturated carbocycles. The largest absolute Gasteiger partial charge is 0.306 e. The highest BCUT2D eigenvalue weighted by Gasteiger charge is 2.31. The minimum absolute atomic E-state index is 0.0919. The van der Waals surface area contributed by atoms with Crippen LogP contribution in [0.3, 0.4) is 0 Å². The van der Waals surface area contributed by atoms with Crippen molar-refractivity contribution < 1.29 is 4.79 Å². The molecule has 1 saturated heterocycles. The van der Waals surface area contributed by atoms with Crippen LogP contribution in [0.25, 0.3) is 22.3 Å². The van der Waals surface area contributed by atoms with Gasteiger partial charge in [0.25, 0.3) is 0 Å². The Morgan fingerprint density at radius 1 is 0.656 bits per heavy atom. The van der Waals surface area contributed by atoms with Crippen molar-refractivity contribution in [3.63, 3.8) is 0 Å². The first-order valence-corrected chi connectivity index (χ1v) is 11.2. The van der Waals surface area contributed by atoms with Gasteiger partial charge in [0.1, 0.15) is 0 Å². The fourth-order valence-corrected chi connectivity index (χ4v) is 4.48. The van der Waals surface area contributed by atoms with Crippen molar-refractivity contribution in [2.24, 2.45) is 0 Å². The number of nitrogens with zero attached hydrogens (tertiary/aromatic N) is 1. The number of carbonyl (C=O) groups excluding carboxylic acids is 1. The first-order valence-electron chi connectivity index (χ1n) is 11.2. The van der Waals surface area contributed by atoms with E-state index < -0.39 is 0 Å². The highest BCUT2D eigenvalue weighted by Crippen LogP contribution is 2.40. The molecule has 1 atom stereocenters. The first kappa shape index (κ1) is 20.2. The molecule has 1 fully saturated rings. The maximum Gasteiger partial charge on any atom is 0.248 e. The SMILES string of the molecule is O=C([C@H]1CCCN1)N(c1ccccc1-c1ccccc1)c1ccccc1-c1ccccc1. The number of hydrogen-bond acceptors (Lipinski definition) is 2. The maximum absolute atomic E-state index is 14.0. The number of hydrogen-bond donors (Lipinski definition) is 1. The Labute approximate surface area is 189 Å². The van der Waals surface area contributed by atoms with Crippen LogP contribution >= 0.6 is 0 Å². The molecule has 3 heteroatoms. The van der Waals surface area contributed by atoms with E-state index in [1.54, 1.807) is 0 Å². The molecule has 1 N–H and O–H groups in total. The highest BCUT2D eigenvalue weighted by molar-refractivity contribution is 6.09. The Kier molecular flexibility index (Phi) is 5.82. The Morgan fingerprint density at radius 2 is 1.12 bits per heavy atom. The van der Waals surface area contributed by atoms with Crippen molar-refractivity contribution in [3.05, 3.63) is 109 Å². The van der Waals surface area contributed by atoms with E-state index in [1.807, 2.05) is 65.6 Å². The fourth-order valence-electron chi connectivity index (χ4n) is 4.48. The standard InChI is InChI=1S/C29H26N2O/c32-29(26-18-11-21-30-26)31(27-19-9-7-16-24(27)22-12-3-1-4-13-22)28-20-10-8-17-25(28)23-14-5-2-6-15-23/h1-10,12-17,19-20,26,30H,11,18,21H2/t26-/m1/s1. The molecule has 0 spiro atoms.